The number of rotatable bonds is 5. The summed E-state index contributed by atoms with van der Waals surface area (Å²) >= 11 is 0. The molecule has 2 rings (SSSR count). The molecule has 3 heteroatoms. The lowest BCUT2D eigenvalue weighted by atomic mass is 9.90. The van der Waals surface area contributed by atoms with E-state index in [0.29, 0.717) is 19.6 Å². The van der Waals surface area contributed by atoms with Crippen LogP contribution in [0, 0.1) is 0 Å². The second-order valence-corrected chi connectivity index (χ2v) is 4.25. The van der Waals surface area contributed by atoms with Crippen LogP contribution in [0.1, 0.15) is 35.2 Å². The number of ketones is 1. The highest BCUT2D eigenvalue weighted by molar-refractivity contribution is 5.99. The topological polar surface area (TPSA) is 35.5 Å². The van der Waals surface area contributed by atoms with E-state index in [1.165, 1.54) is 0 Å². The van der Waals surface area contributed by atoms with Crippen LogP contribution in [-0.4, -0.2) is 26.1 Å². The standard InChI is InChI=1S/C14H18O3/c1-16-9-4-10-17-14-8-3-5-11-12(14)6-2-7-13(11)15/h3,5,8H,2,4,6-7,9-10H2,1H3. The normalized spacial score (nSPS) is 14.5. The third-order valence-electron chi connectivity index (χ3n) is 3.01. The number of carbonyl (C=O) groups excluding carboxylic acids is 1. The smallest absolute Gasteiger partial charge is 0.163 e. The summed E-state index contributed by atoms with van der Waals surface area (Å²) in [4.78, 5) is 11.7. The molecule has 0 radical (unpaired) electrons. The lowest BCUT2D eigenvalue weighted by Crippen LogP contribution is -2.13. The van der Waals surface area contributed by atoms with Crippen LogP contribution in [0.3, 0.4) is 0 Å². The van der Waals surface area contributed by atoms with Gasteiger partial charge in [0.05, 0.1) is 6.61 Å². The van der Waals surface area contributed by atoms with Crippen molar-refractivity contribution in [3.05, 3.63) is 29.3 Å². The average Bonchev–Trinajstić information content (AvgIpc) is 2.36. The summed E-state index contributed by atoms with van der Waals surface area (Å²) in [6.07, 6.45) is 3.42. The predicted octanol–water partition coefficient (Wildman–Crippen LogP) is 2.62. The Morgan fingerprint density at radius 2 is 2.12 bits per heavy atom. The molecule has 1 aromatic rings. The Bertz CT molecular complexity index is 398. The minimum Gasteiger partial charge on any atom is -0.493 e. The molecular weight excluding hydrogens is 216 g/mol. The molecule has 1 aliphatic rings. The van der Waals surface area contributed by atoms with Crippen molar-refractivity contribution in [2.45, 2.75) is 25.7 Å². The number of methoxy groups -OCH3 is 1. The second kappa shape index (κ2) is 5.82. The third kappa shape index (κ3) is 2.86. The largest absolute Gasteiger partial charge is 0.493 e. The Morgan fingerprint density at radius 3 is 2.94 bits per heavy atom. The zero-order chi connectivity index (χ0) is 12.1. The quantitative estimate of drug-likeness (QED) is 0.735. The van der Waals surface area contributed by atoms with Gasteiger partial charge in [-0.25, -0.2) is 0 Å². The van der Waals surface area contributed by atoms with Crippen LogP contribution in [0.15, 0.2) is 18.2 Å². The van der Waals surface area contributed by atoms with E-state index in [2.05, 4.69) is 0 Å². The van der Waals surface area contributed by atoms with Crippen LogP contribution in [0.5, 0.6) is 5.75 Å². The van der Waals surface area contributed by atoms with E-state index >= 15 is 0 Å². The van der Waals surface area contributed by atoms with Crippen molar-refractivity contribution in [3.63, 3.8) is 0 Å². The highest BCUT2D eigenvalue weighted by Gasteiger charge is 2.19. The highest BCUT2D eigenvalue weighted by atomic mass is 16.5. The lowest BCUT2D eigenvalue weighted by Gasteiger charge is -2.18. The minimum atomic E-state index is 0.244. The van der Waals surface area contributed by atoms with Crippen molar-refractivity contribution < 1.29 is 14.3 Å². The maximum Gasteiger partial charge on any atom is 0.163 e. The fraction of sp³-hybridized carbons (Fsp3) is 0.500. The Balaban J connectivity index is 2.07. The van der Waals surface area contributed by atoms with Crippen LogP contribution < -0.4 is 4.74 Å². The van der Waals surface area contributed by atoms with Crippen LogP contribution in [0.4, 0.5) is 0 Å². The zero-order valence-corrected chi connectivity index (χ0v) is 10.2. The third-order valence-corrected chi connectivity index (χ3v) is 3.01. The fourth-order valence-corrected chi connectivity index (χ4v) is 2.17. The molecule has 0 aliphatic heterocycles. The SMILES string of the molecule is COCCCOc1cccc2c1CCCC2=O. The molecule has 1 aromatic carbocycles. The number of ether oxygens (including phenoxy) is 2. The Labute approximate surface area is 102 Å². The summed E-state index contributed by atoms with van der Waals surface area (Å²) in [6.45, 7) is 1.34. The molecule has 1 aliphatic carbocycles. The molecule has 17 heavy (non-hydrogen) atoms. The second-order valence-electron chi connectivity index (χ2n) is 4.25. The molecule has 0 atom stereocenters. The molecule has 0 amide bonds. The Hall–Kier alpha value is -1.35. The predicted molar refractivity (Wildman–Crippen MR) is 65.7 cm³/mol. The molecule has 0 unspecified atom stereocenters. The van der Waals surface area contributed by atoms with E-state index in [9.17, 15) is 4.79 Å². The number of hydrogen-bond donors (Lipinski definition) is 0. The Morgan fingerprint density at radius 1 is 1.24 bits per heavy atom. The van der Waals surface area contributed by atoms with Gasteiger partial charge in [0.1, 0.15) is 5.75 Å². The van der Waals surface area contributed by atoms with Crippen molar-refractivity contribution in [1.82, 2.24) is 0 Å². The van der Waals surface area contributed by atoms with E-state index in [4.69, 9.17) is 9.47 Å². The highest BCUT2D eigenvalue weighted by Crippen LogP contribution is 2.29. The van der Waals surface area contributed by atoms with Gasteiger partial charge in [0.2, 0.25) is 0 Å². The number of Topliss-reactive ketones (excluding diaryl/α,β-unsaturated/α-hetero) is 1. The van der Waals surface area contributed by atoms with Gasteiger partial charge in [0.15, 0.2) is 5.78 Å². The van der Waals surface area contributed by atoms with Crippen LogP contribution in [-0.2, 0) is 11.2 Å². The van der Waals surface area contributed by atoms with Crippen LogP contribution >= 0.6 is 0 Å². The molecule has 0 spiro atoms. The maximum atomic E-state index is 11.7. The summed E-state index contributed by atoms with van der Waals surface area (Å²) in [7, 11) is 1.68. The van der Waals surface area contributed by atoms with E-state index in [1.54, 1.807) is 7.11 Å². The monoisotopic (exact) mass is 234 g/mol. The number of carbonyl (C=O) groups is 1. The lowest BCUT2D eigenvalue weighted by molar-refractivity contribution is 0.0971. The molecule has 0 bridgehead atoms. The maximum absolute atomic E-state index is 11.7. The van der Waals surface area contributed by atoms with Crippen molar-refractivity contribution in [2.24, 2.45) is 0 Å². The van der Waals surface area contributed by atoms with Gasteiger partial charge in [-0.05, 0) is 18.9 Å². The van der Waals surface area contributed by atoms with Gasteiger partial charge in [0, 0.05) is 37.7 Å². The Kier molecular flexibility index (Phi) is 4.15. The van der Waals surface area contributed by atoms with E-state index in [1.807, 2.05) is 18.2 Å². The summed E-state index contributed by atoms with van der Waals surface area (Å²) in [5.41, 5.74) is 1.93. The summed E-state index contributed by atoms with van der Waals surface area (Å²) in [6, 6.07) is 5.75. The number of fused-ring (bicyclic) bond motifs is 1. The number of hydrogen-bond acceptors (Lipinski definition) is 3. The van der Waals surface area contributed by atoms with Crippen molar-refractivity contribution >= 4 is 5.78 Å². The first-order valence-corrected chi connectivity index (χ1v) is 6.09. The summed E-state index contributed by atoms with van der Waals surface area (Å²) in [5.74, 6) is 1.11. The molecule has 0 saturated heterocycles. The summed E-state index contributed by atoms with van der Waals surface area (Å²) < 4.78 is 10.7. The van der Waals surface area contributed by atoms with Gasteiger partial charge in [-0.1, -0.05) is 12.1 Å². The first-order chi connectivity index (χ1) is 8.33. The molecular formula is C14H18O3. The minimum absolute atomic E-state index is 0.244. The van der Waals surface area contributed by atoms with Gasteiger partial charge in [-0.3, -0.25) is 4.79 Å². The van der Waals surface area contributed by atoms with Crippen molar-refractivity contribution in [1.29, 1.82) is 0 Å². The molecule has 92 valence electrons. The van der Waals surface area contributed by atoms with Crippen LogP contribution in [0.2, 0.25) is 0 Å². The zero-order valence-electron chi connectivity index (χ0n) is 10.2. The van der Waals surface area contributed by atoms with Crippen molar-refractivity contribution in [2.75, 3.05) is 20.3 Å². The van der Waals surface area contributed by atoms with Gasteiger partial charge in [-0.2, -0.15) is 0 Å². The molecule has 3 nitrogen and oxygen atoms in total. The van der Waals surface area contributed by atoms with Gasteiger partial charge in [-0.15, -0.1) is 0 Å². The first-order valence-electron chi connectivity index (χ1n) is 6.09. The van der Waals surface area contributed by atoms with Gasteiger partial charge < -0.3 is 9.47 Å². The van der Waals surface area contributed by atoms with E-state index < -0.39 is 0 Å². The fourth-order valence-electron chi connectivity index (χ4n) is 2.17. The van der Waals surface area contributed by atoms with Crippen molar-refractivity contribution in [3.8, 4) is 5.75 Å². The van der Waals surface area contributed by atoms with E-state index in [-0.39, 0.29) is 5.78 Å². The van der Waals surface area contributed by atoms with E-state index in [0.717, 1.165) is 36.1 Å². The molecule has 0 N–H and O–H groups in total. The average molecular weight is 234 g/mol. The van der Waals surface area contributed by atoms with Gasteiger partial charge >= 0.3 is 0 Å². The molecule has 0 heterocycles. The van der Waals surface area contributed by atoms with Gasteiger partial charge in [0.25, 0.3) is 0 Å². The first kappa shape index (κ1) is 12.1. The molecule has 0 aromatic heterocycles. The number of benzene rings is 1. The summed E-state index contributed by atoms with van der Waals surface area (Å²) in [5, 5.41) is 0. The van der Waals surface area contributed by atoms with Crippen LogP contribution in [0.25, 0.3) is 0 Å². The molecule has 0 saturated carbocycles. The molecule has 0 fully saturated rings.